The van der Waals surface area contributed by atoms with Gasteiger partial charge in [-0.3, -0.25) is 14.4 Å². The van der Waals surface area contributed by atoms with Crippen molar-refractivity contribution in [3.63, 3.8) is 0 Å². The van der Waals surface area contributed by atoms with Gasteiger partial charge in [0.05, 0.1) is 22.4 Å². The van der Waals surface area contributed by atoms with Gasteiger partial charge >= 0.3 is 0 Å². The van der Waals surface area contributed by atoms with E-state index in [9.17, 15) is 14.4 Å². The molecular formula is C28H28N4O3S2. The molecule has 5 rings (SSSR count). The van der Waals surface area contributed by atoms with E-state index >= 15 is 0 Å². The Kier molecular flexibility index (Phi) is 7.17. The monoisotopic (exact) mass is 532 g/mol. The summed E-state index contributed by atoms with van der Waals surface area (Å²) < 4.78 is 0. The molecule has 2 amide bonds. The summed E-state index contributed by atoms with van der Waals surface area (Å²) in [7, 11) is 0. The van der Waals surface area contributed by atoms with Gasteiger partial charge in [-0.25, -0.2) is 4.98 Å². The molecule has 2 N–H and O–H groups in total. The molecule has 37 heavy (non-hydrogen) atoms. The van der Waals surface area contributed by atoms with Crippen LogP contribution in [0.4, 0.5) is 0 Å². The van der Waals surface area contributed by atoms with E-state index in [2.05, 4.69) is 15.3 Å². The van der Waals surface area contributed by atoms with E-state index in [4.69, 9.17) is 0 Å². The molecule has 2 unspecified atom stereocenters. The smallest absolute Gasteiger partial charge is 0.259 e. The molecule has 0 bridgehead atoms. The van der Waals surface area contributed by atoms with Crippen LogP contribution in [0.5, 0.6) is 0 Å². The molecule has 2 aromatic carbocycles. The number of thiophene rings is 1. The van der Waals surface area contributed by atoms with Crippen molar-refractivity contribution in [2.75, 3.05) is 6.54 Å². The van der Waals surface area contributed by atoms with Crippen LogP contribution in [0.15, 0.2) is 59.4 Å². The molecule has 0 saturated heterocycles. The summed E-state index contributed by atoms with van der Waals surface area (Å²) in [5.41, 5.74) is 3.49. The van der Waals surface area contributed by atoms with Gasteiger partial charge in [0.25, 0.3) is 11.5 Å². The maximum absolute atomic E-state index is 13.2. The minimum absolute atomic E-state index is 0.0226. The first-order valence-electron chi connectivity index (χ1n) is 12.2. The van der Waals surface area contributed by atoms with Gasteiger partial charge in [-0.1, -0.05) is 48.5 Å². The van der Waals surface area contributed by atoms with E-state index in [1.54, 1.807) is 0 Å². The SMILES string of the molecule is Cc1sc2nc(CSC(C)C(=O)NCC3c4ccccc4C(=O)N3Cc3ccccc3)[nH]c(=O)c2c1C. The first-order chi connectivity index (χ1) is 17.8. The lowest BCUT2D eigenvalue weighted by Gasteiger charge is -2.26. The summed E-state index contributed by atoms with van der Waals surface area (Å²) in [5, 5.41) is 3.33. The highest BCUT2D eigenvalue weighted by Crippen LogP contribution is 2.34. The number of carbonyl (C=O) groups excluding carboxylic acids is 2. The topological polar surface area (TPSA) is 95.2 Å². The number of benzene rings is 2. The van der Waals surface area contributed by atoms with E-state index in [1.165, 1.54) is 23.1 Å². The Balaban J connectivity index is 1.24. The summed E-state index contributed by atoms with van der Waals surface area (Å²) in [6.45, 7) is 6.56. The summed E-state index contributed by atoms with van der Waals surface area (Å²) >= 11 is 2.93. The van der Waals surface area contributed by atoms with Gasteiger partial charge in [-0.2, -0.15) is 0 Å². The Bertz CT molecular complexity index is 1530. The highest BCUT2D eigenvalue weighted by Gasteiger charge is 2.36. The van der Waals surface area contributed by atoms with E-state index in [0.29, 0.717) is 35.6 Å². The van der Waals surface area contributed by atoms with E-state index in [0.717, 1.165) is 26.4 Å². The van der Waals surface area contributed by atoms with Crippen molar-refractivity contribution in [2.24, 2.45) is 0 Å². The van der Waals surface area contributed by atoms with E-state index < -0.39 is 0 Å². The maximum Gasteiger partial charge on any atom is 0.259 e. The second-order valence-electron chi connectivity index (χ2n) is 9.20. The van der Waals surface area contributed by atoms with Gasteiger partial charge in [0.2, 0.25) is 5.91 Å². The van der Waals surface area contributed by atoms with Crippen LogP contribution in [0, 0.1) is 13.8 Å². The van der Waals surface area contributed by atoms with Gasteiger partial charge in [-0.05, 0) is 43.5 Å². The van der Waals surface area contributed by atoms with Crippen LogP contribution in [-0.2, 0) is 17.1 Å². The van der Waals surface area contributed by atoms with Crippen LogP contribution in [0.3, 0.4) is 0 Å². The normalized spacial score (nSPS) is 15.7. The number of aryl methyl sites for hydroxylation is 2. The third-order valence-electron chi connectivity index (χ3n) is 6.78. The summed E-state index contributed by atoms with van der Waals surface area (Å²) in [5.74, 6) is 0.840. The van der Waals surface area contributed by atoms with Crippen molar-refractivity contribution >= 4 is 45.1 Å². The average molecular weight is 533 g/mol. The lowest BCUT2D eigenvalue weighted by Crippen LogP contribution is -2.39. The molecular weight excluding hydrogens is 504 g/mol. The van der Waals surface area contributed by atoms with E-state index in [-0.39, 0.29) is 28.7 Å². The van der Waals surface area contributed by atoms with Crippen molar-refractivity contribution in [1.82, 2.24) is 20.2 Å². The first kappa shape index (κ1) is 25.2. The quantitative estimate of drug-likeness (QED) is 0.342. The highest BCUT2D eigenvalue weighted by molar-refractivity contribution is 7.99. The van der Waals surface area contributed by atoms with E-state index in [1.807, 2.05) is 80.3 Å². The molecule has 3 heterocycles. The number of aromatic nitrogens is 2. The van der Waals surface area contributed by atoms with Crippen LogP contribution in [-0.4, -0.2) is 38.5 Å². The van der Waals surface area contributed by atoms with Gasteiger partial charge in [-0.15, -0.1) is 23.1 Å². The van der Waals surface area contributed by atoms with Gasteiger partial charge < -0.3 is 15.2 Å². The van der Waals surface area contributed by atoms with Crippen molar-refractivity contribution in [2.45, 2.75) is 44.4 Å². The van der Waals surface area contributed by atoms with Crippen LogP contribution >= 0.6 is 23.1 Å². The molecule has 1 aliphatic heterocycles. The average Bonchev–Trinajstić information content (AvgIpc) is 3.34. The fourth-order valence-electron chi connectivity index (χ4n) is 4.62. The molecule has 0 fully saturated rings. The second kappa shape index (κ2) is 10.5. The number of H-pyrrole nitrogens is 1. The fourth-order valence-corrected chi connectivity index (χ4v) is 6.45. The van der Waals surface area contributed by atoms with Crippen LogP contribution < -0.4 is 10.9 Å². The summed E-state index contributed by atoms with van der Waals surface area (Å²) in [6, 6.07) is 17.2. The number of hydrogen-bond acceptors (Lipinski definition) is 6. The summed E-state index contributed by atoms with van der Waals surface area (Å²) in [6.07, 6.45) is 0. The molecule has 0 saturated carbocycles. The Hall–Kier alpha value is -3.43. The minimum atomic E-state index is -0.359. The van der Waals surface area contributed by atoms with Crippen LogP contribution in [0.1, 0.15) is 50.7 Å². The predicted octanol–water partition coefficient (Wildman–Crippen LogP) is 4.74. The molecule has 2 aromatic heterocycles. The van der Waals surface area contributed by atoms with Crippen molar-refractivity contribution in [1.29, 1.82) is 0 Å². The number of carbonyl (C=O) groups is 2. The van der Waals surface area contributed by atoms with Crippen molar-refractivity contribution in [3.8, 4) is 0 Å². The lowest BCUT2D eigenvalue weighted by atomic mass is 10.0. The predicted molar refractivity (Wildman–Crippen MR) is 149 cm³/mol. The van der Waals surface area contributed by atoms with Crippen LogP contribution in [0.25, 0.3) is 10.2 Å². The Morgan fingerprint density at radius 2 is 1.86 bits per heavy atom. The zero-order valence-corrected chi connectivity index (χ0v) is 22.5. The first-order valence-corrected chi connectivity index (χ1v) is 14.0. The Morgan fingerprint density at radius 3 is 2.65 bits per heavy atom. The Morgan fingerprint density at radius 1 is 1.14 bits per heavy atom. The minimum Gasteiger partial charge on any atom is -0.353 e. The molecule has 9 heteroatoms. The number of aromatic amines is 1. The van der Waals surface area contributed by atoms with Gasteiger partial charge in [0.15, 0.2) is 0 Å². The number of thioether (sulfide) groups is 1. The second-order valence-corrected chi connectivity index (χ2v) is 11.7. The standard InChI is InChI=1S/C28H28N4O3S2/c1-16-17(2)37-27-24(16)26(34)30-23(31-27)15-36-18(3)25(33)29-13-22-20-11-7-8-12-21(20)28(35)32(22)14-19-9-5-4-6-10-19/h4-12,18,22H,13-15H2,1-3H3,(H,29,33)(H,30,31,34). The zero-order chi connectivity index (χ0) is 26.1. The van der Waals surface area contributed by atoms with Crippen molar-refractivity contribution < 1.29 is 9.59 Å². The zero-order valence-electron chi connectivity index (χ0n) is 20.9. The lowest BCUT2D eigenvalue weighted by molar-refractivity contribution is -0.120. The molecule has 0 radical (unpaired) electrons. The van der Waals surface area contributed by atoms with Crippen LogP contribution in [0.2, 0.25) is 0 Å². The maximum atomic E-state index is 13.2. The number of fused-ring (bicyclic) bond motifs is 2. The molecule has 2 atom stereocenters. The molecule has 190 valence electrons. The number of nitrogens with zero attached hydrogens (tertiary/aromatic N) is 2. The molecule has 4 aromatic rings. The number of hydrogen-bond donors (Lipinski definition) is 2. The highest BCUT2D eigenvalue weighted by atomic mass is 32.2. The largest absolute Gasteiger partial charge is 0.353 e. The van der Waals surface area contributed by atoms with Gasteiger partial charge in [0.1, 0.15) is 10.7 Å². The van der Waals surface area contributed by atoms with Crippen molar-refractivity contribution in [3.05, 3.63) is 97.9 Å². The molecule has 1 aliphatic rings. The third-order valence-corrected chi connectivity index (χ3v) is 9.04. The number of rotatable bonds is 8. The fraction of sp³-hybridized carbons (Fsp3) is 0.286. The Labute approximate surface area is 223 Å². The molecule has 0 spiro atoms. The third kappa shape index (κ3) is 5.06. The molecule has 0 aliphatic carbocycles. The van der Waals surface area contributed by atoms with Gasteiger partial charge in [0, 0.05) is 23.5 Å². The molecule has 7 nitrogen and oxygen atoms in total. The number of nitrogens with one attached hydrogen (secondary N) is 2. The number of amides is 2. The summed E-state index contributed by atoms with van der Waals surface area (Å²) in [4.78, 5) is 49.8.